The summed E-state index contributed by atoms with van der Waals surface area (Å²) in [6.45, 7) is 2.80. The molecule has 0 aliphatic rings. The zero-order valence-electron chi connectivity index (χ0n) is 10.00. The van der Waals surface area contributed by atoms with E-state index in [4.69, 9.17) is 9.84 Å². The molecule has 1 aromatic rings. The molecule has 0 heterocycles. The molecular weight excluding hydrogens is 247 g/mol. The van der Waals surface area contributed by atoms with Gasteiger partial charge in [-0.3, -0.25) is 0 Å². The smallest absolute Gasteiger partial charge is 0.416 e. The number of halogens is 3. The first-order valence-corrected chi connectivity index (χ1v) is 5.59. The van der Waals surface area contributed by atoms with Crippen molar-refractivity contribution >= 4 is 0 Å². The molecule has 18 heavy (non-hydrogen) atoms. The molecule has 102 valence electrons. The predicted octanol–water partition coefficient (Wildman–Crippen LogP) is 2.05. The summed E-state index contributed by atoms with van der Waals surface area (Å²) >= 11 is 0. The van der Waals surface area contributed by atoms with Crippen molar-refractivity contribution < 1.29 is 23.0 Å². The highest BCUT2D eigenvalue weighted by atomic mass is 19.4. The van der Waals surface area contributed by atoms with Crippen molar-refractivity contribution in [1.82, 2.24) is 5.32 Å². The molecule has 3 nitrogen and oxygen atoms in total. The summed E-state index contributed by atoms with van der Waals surface area (Å²) in [7, 11) is 0. The second-order valence-electron chi connectivity index (χ2n) is 3.88. The first-order valence-electron chi connectivity index (χ1n) is 5.59. The first kappa shape index (κ1) is 14.8. The maximum absolute atomic E-state index is 12.3. The summed E-state index contributed by atoms with van der Waals surface area (Å²) in [5, 5.41) is 11.5. The van der Waals surface area contributed by atoms with Crippen LogP contribution >= 0.6 is 0 Å². The molecule has 2 N–H and O–H groups in total. The van der Waals surface area contributed by atoms with Crippen LogP contribution in [0, 0.1) is 0 Å². The second kappa shape index (κ2) is 6.61. The van der Waals surface area contributed by atoms with Crippen LogP contribution in [0.25, 0.3) is 0 Å². The molecule has 0 fully saturated rings. The SMILES string of the molecule is C[C@@H](CNCCO)Oc1ccc(C(F)(F)F)cc1. The van der Waals surface area contributed by atoms with Gasteiger partial charge in [-0.15, -0.1) is 0 Å². The van der Waals surface area contributed by atoms with Crippen molar-refractivity contribution in [3.63, 3.8) is 0 Å². The van der Waals surface area contributed by atoms with E-state index in [1.165, 1.54) is 12.1 Å². The van der Waals surface area contributed by atoms with Gasteiger partial charge < -0.3 is 15.2 Å². The summed E-state index contributed by atoms with van der Waals surface area (Å²) < 4.78 is 42.4. The molecule has 0 saturated heterocycles. The zero-order valence-corrected chi connectivity index (χ0v) is 10.00. The largest absolute Gasteiger partial charge is 0.489 e. The van der Waals surface area contributed by atoms with Gasteiger partial charge in [0, 0.05) is 13.1 Å². The van der Waals surface area contributed by atoms with E-state index in [2.05, 4.69) is 5.32 Å². The Hall–Kier alpha value is -1.27. The van der Waals surface area contributed by atoms with Gasteiger partial charge >= 0.3 is 6.18 Å². The van der Waals surface area contributed by atoms with E-state index in [1.807, 2.05) is 0 Å². The highest BCUT2D eigenvalue weighted by Crippen LogP contribution is 2.30. The molecule has 0 unspecified atom stereocenters. The minimum Gasteiger partial charge on any atom is -0.489 e. The first-order chi connectivity index (χ1) is 8.43. The monoisotopic (exact) mass is 263 g/mol. The molecule has 0 aliphatic carbocycles. The van der Waals surface area contributed by atoms with Crippen molar-refractivity contribution in [1.29, 1.82) is 0 Å². The van der Waals surface area contributed by atoms with E-state index in [1.54, 1.807) is 6.92 Å². The number of alkyl halides is 3. The number of nitrogens with one attached hydrogen (secondary N) is 1. The van der Waals surface area contributed by atoms with Crippen LogP contribution in [0.4, 0.5) is 13.2 Å². The van der Waals surface area contributed by atoms with Gasteiger partial charge in [0.2, 0.25) is 0 Å². The highest BCUT2D eigenvalue weighted by molar-refractivity contribution is 5.28. The topological polar surface area (TPSA) is 41.5 Å². The van der Waals surface area contributed by atoms with Gasteiger partial charge in [-0.2, -0.15) is 13.2 Å². The van der Waals surface area contributed by atoms with Crippen molar-refractivity contribution in [2.45, 2.75) is 19.2 Å². The molecule has 0 radical (unpaired) electrons. The van der Waals surface area contributed by atoms with E-state index >= 15 is 0 Å². The number of aliphatic hydroxyl groups is 1. The summed E-state index contributed by atoms with van der Waals surface area (Å²) in [5.74, 6) is 0.390. The Kier molecular flexibility index (Phi) is 5.43. The van der Waals surface area contributed by atoms with E-state index in [0.29, 0.717) is 18.8 Å². The van der Waals surface area contributed by atoms with Crippen LogP contribution in [-0.4, -0.2) is 30.9 Å². The zero-order chi connectivity index (χ0) is 13.6. The lowest BCUT2D eigenvalue weighted by Crippen LogP contribution is -2.30. The maximum atomic E-state index is 12.3. The van der Waals surface area contributed by atoms with Crippen LogP contribution in [0.15, 0.2) is 24.3 Å². The molecule has 1 atom stereocenters. The number of rotatable bonds is 6. The fourth-order valence-corrected chi connectivity index (χ4v) is 1.38. The quantitative estimate of drug-likeness (QED) is 0.772. The number of ether oxygens (including phenoxy) is 1. The number of hydrogen-bond donors (Lipinski definition) is 2. The van der Waals surface area contributed by atoms with E-state index < -0.39 is 11.7 Å². The minimum absolute atomic E-state index is 0.0347. The fourth-order valence-electron chi connectivity index (χ4n) is 1.38. The molecule has 0 amide bonds. The standard InChI is InChI=1S/C12H16F3NO2/c1-9(8-16-6-7-17)18-11-4-2-10(3-5-11)12(13,14)15/h2-5,9,16-17H,6-8H2,1H3/t9-/m0/s1. The summed E-state index contributed by atoms with van der Waals surface area (Å²) in [6.07, 6.45) is -4.51. The van der Waals surface area contributed by atoms with E-state index in [0.717, 1.165) is 12.1 Å². The Balaban J connectivity index is 2.48. The highest BCUT2D eigenvalue weighted by Gasteiger charge is 2.30. The molecule has 6 heteroatoms. The third kappa shape index (κ3) is 4.93. The van der Waals surface area contributed by atoms with E-state index in [-0.39, 0.29) is 12.7 Å². The van der Waals surface area contributed by atoms with Crippen molar-refractivity contribution in [3.8, 4) is 5.75 Å². The third-order valence-corrected chi connectivity index (χ3v) is 2.24. The van der Waals surface area contributed by atoms with Crippen LogP contribution < -0.4 is 10.1 Å². The average Bonchev–Trinajstić information content (AvgIpc) is 2.29. The van der Waals surface area contributed by atoms with Crippen LogP contribution in [0.2, 0.25) is 0 Å². The van der Waals surface area contributed by atoms with Gasteiger partial charge in [-0.25, -0.2) is 0 Å². The van der Waals surface area contributed by atoms with Crippen LogP contribution in [0.1, 0.15) is 12.5 Å². The normalized spacial score (nSPS) is 13.4. The van der Waals surface area contributed by atoms with Crippen molar-refractivity contribution in [2.75, 3.05) is 19.7 Å². The van der Waals surface area contributed by atoms with Crippen molar-refractivity contribution in [3.05, 3.63) is 29.8 Å². The van der Waals surface area contributed by atoms with Gasteiger partial charge in [-0.05, 0) is 31.2 Å². The Morgan fingerprint density at radius 1 is 1.28 bits per heavy atom. The Morgan fingerprint density at radius 3 is 2.39 bits per heavy atom. The molecule has 0 aliphatic heterocycles. The predicted molar refractivity (Wildman–Crippen MR) is 61.5 cm³/mol. The Bertz CT molecular complexity index is 351. The second-order valence-corrected chi connectivity index (χ2v) is 3.88. The van der Waals surface area contributed by atoms with Crippen LogP contribution in [0.3, 0.4) is 0 Å². The third-order valence-electron chi connectivity index (χ3n) is 2.24. The molecule has 0 aromatic heterocycles. The number of aliphatic hydroxyl groups excluding tert-OH is 1. The maximum Gasteiger partial charge on any atom is 0.416 e. The van der Waals surface area contributed by atoms with Crippen molar-refractivity contribution in [2.24, 2.45) is 0 Å². The molecule has 1 rings (SSSR count). The molecule has 0 bridgehead atoms. The average molecular weight is 263 g/mol. The number of hydrogen-bond acceptors (Lipinski definition) is 3. The Labute approximate surface area is 104 Å². The Morgan fingerprint density at radius 2 is 1.89 bits per heavy atom. The lowest BCUT2D eigenvalue weighted by Gasteiger charge is -2.15. The van der Waals surface area contributed by atoms with Gasteiger partial charge in [0.25, 0.3) is 0 Å². The van der Waals surface area contributed by atoms with Crippen LogP contribution in [-0.2, 0) is 6.18 Å². The molecule has 0 spiro atoms. The molecular formula is C12H16F3NO2. The van der Waals surface area contributed by atoms with Gasteiger partial charge in [-0.1, -0.05) is 0 Å². The number of benzene rings is 1. The van der Waals surface area contributed by atoms with Crippen LogP contribution in [0.5, 0.6) is 5.75 Å². The van der Waals surface area contributed by atoms with Gasteiger partial charge in [0.05, 0.1) is 12.2 Å². The fraction of sp³-hybridized carbons (Fsp3) is 0.500. The minimum atomic E-state index is -4.33. The van der Waals surface area contributed by atoms with Gasteiger partial charge in [0.15, 0.2) is 0 Å². The molecule has 0 saturated carbocycles. The summed E-state index contributed by atoms with van der Waals surface area (Å²) in [4.78, 5) is 0. The molecule has 1 aromatic carbocycles. The lowest BCUT2D eigenvalue weighted by atomic mass is 10.2. The van der Waals surface area contributed by atoms with Gasteiger partial charge in [0.1, 0.15) is 11.9 Å². The van der Waals surface area contributed by atoms with E-state index in [9.17, 15) is 13.2 Å². The summed E-state index contributed by atoms with van der Waals surface area (Å²) in [6, 6.07) is 4.57. The lowest BCUT2D eigenvalue weighted by molar-refractivity contribution is -0.137. The summed E-state index contributed by atoms with van der Waals surface area (Å²) in [5.41, 5.74) is -0.694.